The Morgan fingerprint density at radius 1 is 1.47 bits per heavy atom. The van der Waals surface area contributed by atoms with E-state index in [1.165, 1.54) is 12.8 Å². The van der Waals surface area contributed by atoms with Crippen LogP contribution in [-0.2, 0) is 7.05 Å². The number of hydrogen-bond acceptors (Lipinski definition) is 2. The molecule has 0 saturated carbocycles. The molecule has 17 heavy (non-hydrogen) atoms. The van der Waals surface area contributed by atoms with E-state index in [4.69, 9.17) is 0 Å². The molecule has 2 unspecified atom stereocenters. The van der Waals surface area contributed by atoms with Gasteiger partial charge in [0.25, 0.3) is 0 Å². The summed E-state index contributed by atoms with van der Waals surface area (Å²) < 4.78 is 1.90. The van der Waals surface area contributed by atoms with Crippen LogP contribution < -0.4 is 0 Å². The predicted octanol–water partition coefficient (Wildman–Crippen LogP) is 2.33. The molecule has 2 heterocycles. The lowest BCUT2D eigenvalue weighted by atomic mass is 9.92. The van der Waals surface area contributed by atoms with Crippen molar-refractivity contribution in [2.24, 2.45) is 13.0 Å². The summed E-state index contributed by atoms with van der Waals surface area (Å²) >= 11 is 0. The van der Waals surface area contributed by atoms with Crippen molar-refractivity contribution in [1.29, 1.82) is 0 Å². The molecule has 3 heteroatoms. The highest BCUT2D eigenvalue weighted by Gasteiger charge is 2.26. The van der Waals surface area contributed by atoms with Gasteiger partial charge in [-0.15, -0.1) is 0 Å². The van der Waals surface area contributed by atoms with Crippen LogP contribution in [0.2, 0.25) is 0 Å². The minimum Gasteiger partial charge on any atom is -0.348 e. The second-order valence-electron chi connectivity index (χ2n) is 5.26. The minimum absolute atomic E-state index is 0.235. The zero-order valence-electron chi connectivity index (χ0n) is 11.0. The van der Waals surface area contributed by atoms with Crippen LogP contribution in [0.1, 0.15) is 37.2 Å². The summed E-state index contributed by atoms with van der Waals surface area (Å²) in [6, 6.07) is 4.35. The topological polar surface area (TPSA) is 25.2 Å². The molecule has 1 aliphatic heterocycles. The van der Waals surface area contributed by atoms with E-state index in [1.54, 1.807) is 0 Å². The van der Waals surface area contributed by atoms with Crippen molar-refractivity contribution in [2.45, 2.75) is 32.7 Å². The fraction of sp³-hybridized carbons (Fsp3) is 0.643. The van der Waals surface area contributed by atoms with Crippen molar-refractivity contribution in [2.75, 3.05) is 13.1 Å². The first kappa shape index (κ1) is 12.4. The number of rotatable bonds is 3. The molecule has 0 aliphatic carbocycles. The maximum absolute atomic E-state index is 12.2. The van der Waals surface area contributed by atoms with Gasteiger partial charge in [0.2, 0.25) is 0 Å². The van der Waals surface area contributed by atoms with Gasteiger partial charge in [-0.3, -0.25) is 9.69 Å². The highest BCUT2D eigenvalue weighted by Crippen LogP contribution is 2.22. The Kier molecular flexibility index (Phi) is 3.67. The number of nitrogens with zero attached hydrogens (tertiary/aromatic N) is 2. The smallest absolute Gasteiger partial charge is 0.193 e. The fourth-order valence-corrected chi connectivity index (χ4v) is 2.66. The second kappa shape index (κ2) is 5.05. The van der Waals surface area contributed by atoms with Crippen molar-refractivity contribution < 1.29 is 4.79 Å². The number of carbonyl (C=O) groups excluding carboxylic acids is 1. The number of aryl methyl sites for hydroxylation is 1. The summed E-state index contributed by atoms with van der Waals surface area (Å²) in [6.45, 7) is 6.14. The Balaban J connectivity index is 2.01. The van der Waals surface area contributed by atoms with Gasteiger partial charge in [-0.05, 0) is 44.4 Å². The summed E-state index contributed by atoms with van der Waals surface area (Å²) in [6.07, 6.45) is 4.43. The van der Waals surface area contributed by atoms with Crippen LogP contribution in [0.25, 0.3) is 0 Å². The van der Waals surface area contributed by atoms with Gasteiger partial charge in [0.15, 0.2) is 5.78 Å². The number of ketones is 1. The number of likely N-dealkylation sites (tertiary alicyclic amines) is 1. The lowest BCUT2D eigenvalue weighted by molar-refractivity contribution is 0.0772. The van der Waals surface area contributed by atoms with Crippen molar-refractivity contribution in [3.63, 3.8) is 0 Å². The molecule has 0 N–H and O–H groups in total. The van der Waals surface area contributed by atoms with Crippen molar-refractivity contribution in [3.8, 4) is 0 Å². The Labute approximate surface area is 103 Å². The second-order valence-corrected chi connectivity index (χ2v) is 5.26. The molecule has 1 fully saturated rings. The quantitative estimate of drug-likeness (QED) is 0.750. The standard InChI is InChI=1S/C14H22N2O/c1-11-6-4-9-16(12(11)2)10-14(17)13-7-5-8-15(13)3/h5,7-8,11-12H,4,6,9-10H2,1-3H3. The average Bonchev–Trinajstić information content (AvgIpc) is 2.71. The zero-order valence-corrected chi connectivity index (χ0v) is 11.0. The molecule has 0 aromatic carbocycles. The van der Waals surface area contributed by atoms with Crippen LogP contribution in [0.5, 0.6) is 0 Å². The first-order valence-corrected chi connectivity index (χ1v) is 6.48. The van der Waals surface area contributed by atoms with Crippen LogP contribution in [0.3, 0.4) is 0 Å². The van der Waals surface area contributed by atoms with Crippen molar-refractivity contribution in [3.05, 3.63) is 24.0 Å². The summed E-state index contributed by atoms with van der Waals surface area (Å²) in [5.74, 6) is 0.934. The molecule has 0 radical (unpaired) electrons. The number of hydrogen-bond donors (Lipinski definition) is 0. The highest BCUT2D eigenvalue weighted by molar-refractivity contribution is 5.96. The molecule has 1 aromatic rings. The van der Waals surface area contributed by atoms with Crippen molar-refractivity contribution in [1.82, 2.24) is 9.47 Å². The van der Waals surface area contributed by atoms with Gasteiger partial charge >= 0.3 is 0 Å². The normalized spacial score (nSPS) is 26.1. The van der Waals surface area contributed by atoms with E-state index in [-0.39, 0.29) is 5.78 Å². The lowest BCUT2D eigenvalue weighted by Gasteiger charge is -2.37. The van der Waals surface area contributed by atoms with E-state index in [2.05, 4.69) is 18.7 Å². The maximum Gasteiger partial charge on any atom is 0.193 e. The first-order valence-electron chi connectivity index (χ1n) is 6.48. The van der Waals surface area contributed by atoms with Crippen LogP contribution >= 0.6 is 0 Å². The van der Waals surface area contributed by atoms with E-state index < -0.39 is 0 Å². The van der Waals surface area contributed by atoms with Gasteiger partial charge in [-0.2, -0.15) is 0 Å². The molecule has 3 nitrogen and oxygen atoms in total. The molecule has 94 valence electrons. The van der Waals surface area contributed by atoms with Gasteiger partial charge in [-0.25, -0.2) is 0 Å². The van der Waals surface area contributed by atoms with E-state index in [0.717, 1.165) is 12.2 Å². The maximum atomic E-state index is 12.2. The molecule has 2 rings (SSSR count). The van der Waals surface area contributed by atoms with Gasteiger partial charge in [0.1, 0.15) is 0 Å². The van der Waals surface area contributed by atoms with Gasteiger partial charge < -0.3 is 4.57 Å². The van der Waals surface area contributed by atoms with Crippen molar-refractivity contribution >= 4 is 5.78 Å². The molecule has 1 saturated heterocycles. The molecule has 2 atom stereocenters. The first-order chi connectivity index (χ1) is 8.09. The highest BCUT2D eigenvalue weighted by atomic mass is 16.1. The molecule has 1 aliphatic rings. The fourth-order valence-electron chi connectivity index (χ4n) is 2.66. The Morgan fingerprint density at radius 2 is 2.24 bits per heavy atom. The summed E-state index contributed by atoms with van der Waals surface area (Å²) in [5, 5.41) is 0. The van der Waals surface area contributed by atoms with E-state index in [1.807, 2.05) is 29.9 Å². The van der Waals surface area contributed by atoms with Crippen LogP contribution in [0.4, 0.5) is 0 Å². The third kappa shape index (κ3) is 2.60. The monoisotopic (exact) mass is 234 g/mol. The van der Waals surface area contributed by atoms with E-state index >= 15 is 0 Å². The number of carbonyl (C=O) groups is 1. The Bertz CT molecular complexity index is 397. The molecule has 0 bridgehead atoms. The van der Waals surface area contributed by atoms with Gasteiger partial charge in [-0.1, -0.05) is 6.92 Å². The molecule has 1 aromatic heterocycles. The third-order valence-corrected chi connectivity index (χ3v) is 4.08. The molecule has 0 spiro atoms. The number of aromatic nitrogens is 1. The molecular weight excluding hydrogens is 212 g/mol. The zero-order chi connectivity index (χ0) is 12.4. The number of Topliss-reactive ketones (excluding diaryl/α,β-unsaturated/α-hetero) is 1. The van der Waals surface area contributed by atoms with E-state index in [0.29, 0.717) is 18.5 Å². The van der Waals surface area contributed by atoms with Crippen LogP contribution in [-0.4, -0.2) is 34.4 Å². The SMILES string of the molecule is CC1CCCN(CC(=O)c2cccn2C)C1C. The van der Waals surface area contributed by atoms with Gasteiger partial charge in [0, 0.05) is 19.3 Å². The Hall–Kier alpha value is -1.09. The largest absolute Gasteiger partial charge is 0.348 e. The van der Waals surface area contributed by atoms with Crippen LogP contribution in [0, 0.1) is 5.92 Å². The lowest BCUT2D eigenvalue weighted by Crippen LogP contribution is -2.45. The minimum atomic E-state index is 0.235. The summed E-state index contributed by atoms with van der Waals surface area (Å²) in [7, 11) is 1.93. The molecule has 0 amide bonds. The van der Waals surface area contributed by atoms with Gasteiger partial charge in [0.05, 0.1) is 12.2 Å². The van der Waals surface area contributed by atoms with Crippen LogP contribution in [0.15, 0.2) is 18.3 Å². The predicted molar refractivity (Wildman–Crippen MR) is 69.2 cm³/mol. The Morgan fingerprint density at radius 3 is 2.88 bits per heavy atom. The summed E-state index contributed by atoms with van der Waals surface area (Å²) in [4.78, 5) is 14.5. The molecular formula is C14H22N2O. The number of piperidine rings is 1. The van der Waals surface area contributed by atoms with E-state index in [9.17, 15) is 4.79 Å². The summed E-state index contributed by atoms with van der Waals surface area (Å²) in [5.41, 5.74) is 0.815. The average molecular weight is 234 g/mol. The third-order valence-electron chi connectivity index (χ3n) is 4.08.